The summed E-state index contributed by atoms with van der Waals surface area (Å²) in [6.45, 7) is 8.54. The van der Waals surface area contributed by atoms with Crippen molar-refractivity contribution in [1.82, 2.24) is 23.6 Å². The fourth-order valence-electron chi connectivity index (χ4n) is 4.21. The molecule has 2 heterocycles. The van der Waals surface area contributed by atoms with Crippen molar-refractivity contribution in [3.8, 4) is 0 Å². The van der Waals surface area contributed by atoms with Crippen LogP contribution >= 0.6 is 0 Å². The number of fused-ring (bicyclic) bond motifs is 1. The summed E-state index contributed by atoms with van der Waals surface area (Å²) >= 11 is 0. The molecule has 0 atom stereocenters. The minimum absolute atomic E-state index is 0.248. The molecule has 0 unspecified atom stereocenters. The molecule has 0 spiro atoms. The van der Waals surface area contributed by atoms with E-state index in [1.165, 1.54) is 4.57 Å². The minimum atomic E-state index is -0.547. The molecular formula is C27H31N5O3. The molecule has 2 aromatic heterocycles. The van der Waals surface area contributed by atoms with Crippen LogP contribution in [-0.2, 0) is 31.0 Å². The summed E-state index contributed by atoms with van der Waals surface area (Å²) in [6.07, 6.45) is 1.57. The van der Waals surface area contributed by atoms with Gasteiger partial charge < -0.3 is 9.47 Å². The largest absolute Gasteiger partial charge is 0.333 e. The van der Waals surface area contributed by atoms with Crippen LogP contribution in [0, 0.1) is 0 Å². The van der Waals surface area contributed by atoms with E-state index < -0.39 is 16.8 Å². The first-order valence-corrected chi connectivity index (χ1v) is 11.8. The van der Waals surface area contributed by atoms with E-state index in [-0.39, 0.29) is 19.0 Å². The van der Waals surface area contributed by atoms with Crippen molar-refractivity contribution in [1.29, 1.82) is 0 Å². The Morgan fingerprint density at radius 3 is 2.09 bits per heavy atom. The van der Waals surface area contributed by atoms with Crippen molar-refractivity contribution >= 4 is 17.1 Å². The molecule has 0 saturated heterocycles. The van der Waals surface area contributed by atoms with Crippen LogP contribution in [0.15, 0.2) is 76.6 Å². The smallest absolute Gasteiger partial charge is 0.332 e. The number of carbonyl (C=O) groups excluding carboxylic acids is 1. The van der Waals surface area contributed by atoms with E-state index >= 15 is 0 Å². The average molecular weight is 474 g/mol. The van der Waals surface area contributed by atoms with Crippen LogP contribution < -0.4 is 11.2 Å². The number of hydrogen-bond acceptors (Lipinski definition) is 4. The molecule has 0 aliphatic carbocycles. The molecule has 0 N–H and O–H groups in total. The van der Waals surface area contributed by atoms with Gasteiger partial charge in [0.15, 0.2) is 11.2 Å². The van der Waals surface area contributed by atoms with E-state index in [0.717, 1.165) is 15.7 Å². The van der Waals surface area contributed by atoms with Crippen LogP contribution in [0.2, 0.25) is 0 Å². The maximum Gasteiger partial charge on any atom is 0.333 e. The third-order valence-corrected chi connectivity index (χ3v) is 6.10. The molecule has 8 heteroatoms. The van der Waals surface area contributed by atoms with Crippen LogP contribution in [0.1, 0.15) is 38.8 Å². The zero-order valence-corrected chi connectivity index (χ0v) is 20.6. The van der Waals surface area contributed by atoms with Gasteiger partial charge in [-0.1, -0.05) is 60.7 Å². The first-order chi connectivity index (χ1) is 16.7. The molecule has 35 heavy (non-hydrogen) atoms. The molecule has 1 amide bonds. The molecule has 0 aliphatic rings. The Morgan fingerprint density at radius 1 is 0.914 bits per heavy atom. The number of hydrogen-bond donors (Lipinski definition) is 0. The number of rotatable bonds is 7. The van der Waals surface area contributed by atoms with Crippen LogP contribution in [0.25, 0.3) is 11.2 Å². The van der Waals surface area contributed by atoms with E-state index in [1.807, 2.05) is 88.4 Å². The lowest BCUT2D eigenvalue weighted by molar-refractivity contribution is -0.137. The maximum absolute atomic E-state index is 13.6. The van der Waals surface area contributed by atoms with Gasteiger partial charge in [-0.15, -0.1) is 0 Å². The quantitative estimate of drug-likeness (QED) is 0.413. The Bertz CT molecular complexity index is 1440. The fraction of sp³-hybridized carbons (Fsp3) is 0.333. The van der Waals surface area contributed by atoms with Gasteiger partial charge in [0.25, 0.3) is 5.56 Å². The summed E-state index contributed by atoms with van der Waals surface area (Å²) in [5, 5.41) is 0. The van der Waals surface area contributed by atoms with Crippen molar-refractivity contribution in [2.75, 3.05) is 0 Å². The number of nitrogens with zero attached hydrogens (tertiary/aromatic N) is 5. The molecule has 0 aliphatic heterocycles. The third kappa shape index (κ3) is 4.96. The predicted octanol–water partition coefficient (Wildman–Crippen LogP) is 3.26. The van der Waals surface area contributed by atoms with Crippen molar-refractivity contribution < 1.29 is 4.79 Å². The van der Waals surface area contributed by atoms with Crippen molar-refractivity contribution in [2.24, 2.45) is 0 Å². The van der Waals surface area contributed by atoms with E-state index in [9.17, 15) is 14.4 Å². The molecular weight excluding hydrogens is 442 g/mol. The van der Waals surface area contributed by atoms with Crippen LogP contribution in [-0.4, -0.2) is 35.0 Å². The topological polar surface area (TPSA) is 82.1 Å². The predicted molar refractivity (Wildman–Crippen MR) is 136 cm³/mol. The SMILES string of the molecule is CCn1cnc2c1c(=O)n(CC(=O)N(Cc1ccccc1)C(C)(C)C)c(=O)n2Cc1ccccc1. The van der Waals surface area contributed by atoms with Gasteiger partial charge in [0.05, 0.1) is 12.9 Å². The van der Waals surface area contributed by atoms with Gasteiger partial charge in [-0.3, -0.25) is 14.2 Å². The zero-order chi connectivity index (χ0) is 25.2. The summed E-state index contributed by atoms with van der Waals surface area (Å²) < 4.78 is 4.24. The molecule has 0 fully saturated rings. The third-order valence-electron chi connectivity index (χ3n) is 6.10. The standard InChI is InChI=1S/C27H31N5O3/c1-5-29-19-28-24-23(29)25(34)31(26(35)30(24)16-20-12-8-6-9-13-20)18-22(33)32(27(2,3)4)17-21-14-10-7-11-15-21/h6-15,19H,5,16-18H2,1-4H3. The molecule has 0 radical (unpaired) electrons. The number of carbonyl (C=O) groups is 1. The maximum atomic E-state index is 13.6. The number of aromatic nitrogens is 4. The Kier molecular flexibility index (Phi) is 6.73. The number of imidazole rings is 1. The van der Waals surface area contributed by atoms with Crippen molar-refractivity contribution in [3.63, 3.8) is 0 Å². The Hall–Kier alpha value is -3.94. The van der Waals surface area contributed by atoms with Gasteiger partial charge >= 0.3 is 5.69 Å². The second-order valence-electron chi connectivity index (χ2n) is 9.58. The summed E-state index contributed by atoms with van der Waals surface area (Å²) in [7, 11) is 0. The van der Waals surface area contributed by atoms with E-state index in [2.05, 4.69) is 4.98 Å². The average Bonchev–Trinajstić information content (AvgIpc) is 3.28. The van der Waals surface area contributed by atoms with Crippen LogP contribution in [0.3, 0.4) is 0 Å². The first kappa shape index (κ1) is 24.2. The fourth-order valence-corrected chi connectivity index (χ4v) is 4.21. The molecule has 0 saturated carbocycles. The normalized spacial score (nSPS) is 11.7. The summed E-state index contributed by atoms with van der Waals surface area (Å²) in [5.41, 5.74) is 0.968. The van der Waals surface area contributed by atoms with E-state index in [0.29, 0.717) is 24.3 Å². The van der Waals surface area contributed by atoms with Gasteiger partial charge in [0.1, 0.15) is 6.54 Å². The Morgan fingerprint density at radius 2 is 1.51 bits per heavy atom. The number of amides is 1. The molecule has 0 bridgehead atoms. The highest BCUT2D eigenvalue weighted by Gasteiger charge is 2.28. The molecule has 4 aromatic rings. The lowest BCUT2D eigenvalue weighted by Gasteiger charge is -2.36. The van der Waals surface area contributed by atoms with Crippen molar-refractivity contribution in [3.05, 3.63) is 99.0 Å². The molecule has 4 rings (SSSR count). The van der Waals surface area contributed by atoms with Gasteiger partial charge in [-0.05, 0) is 38.8 Å². The zero-order valence-electron chi connectivity index (χ0n) is 20.6. The first-order valence-electron chi connectivity index (χ1n) is 11.8. The Labute approximate surface area is 204 Å². The second-order valence-corrected chi connectivity index (χ2v) is 9.58. The minimum Gasteiger partial charge on any atom is -0.332 e. The molecule has 8 nitrogen and oxygen atoms in total. The number of benzene rings is 2. The van der Waals surface area contributed by atoms with Crippen LogP contribution in [0.5, 0.6) is 0 Å². The highest BCUT2D eigenvalue weighted by molar-refractivity contribution is 5.77. The van der Waals surface area contributed by atoms with Crippen LogP contribution in [0.4, 0.5) is 0 Å². The molecule has 2 aromatic carbocycles. The number of aryl methyl sites for hydroxylation is 1. The summed E-state index contributed by atoms with van der Waals surface area (Å²) in [6, 6.07) is 19.2. The van der Waals surface area contributed by atoms with Gasteiger partial charge in [0, 0.05) is 18.6 Å². The van der Waals surface area contributed by atoms with E-state index in [4.69, 9.17) is 0 Å². The lowest BCUT2D eigenvalue weighted by Crippen LogP contribution is -2.50. The molecule has 182 valence electrons. The van der Waals surface area contributed by atoms with Crippen molar-refractivity contribution in [2.45, 2.75) is 59.4 Å². The van der Waals surface area contributed by atoms with Gasteiger partial charge in [-0.2, -0.15) is 0 Å². The second kappa shape index (κ2) is 9.74. The summed E-state index contributed by atoms with van der Waals surface area (Å²) in [5.74, 6) is -0.297. The van der Waals surface area contributed by atoms with E-state index in [1.54, 1.807) is 15.8 Å². The highest BCUT2D eigenvalue weighted by atomic mass is 16.2. The lowest BCUT2D eigenvalue weighted by atomic mass is 10.0. The Balaban J connectivity index is 1.80. The highest BCUT2D eigenvalue weighted by Crippen LogP contribution is 2.18. The van der Waals surface area contributed by atoms with Gasteiger partial charge in [-0.25, -0.2) is 14.3 Å². The van der Waals surface area contributed by atoms with Gasteiger partial charge in [0.2, 0.25) is 5.91 Å². The monoisotopic (exact) mass is 473 g/mol. The summed E-state index contributed by atoms with van der Waals surface area (Å²) in [4.78, 5) is 46.7.